The number of aromatic nitrogens is 2. The molecular weight excluding hydrogens is 260 g/mol. The zero-order valence-electron chi connectivity index (χ0n) is 9.02. The van der Waals surface area contributed by atoms with Crippen LogP contribution in [0.25, 0.3) is 0 Å². The van der Waals surface area contributed by atoms with Gasteiger partial charge in [0.05, 0.1) is 11.8 Å². The van der Waals surface area contributed by atoms with Crippen LogP contribution in [0.5, 0.6) is 0 Å². The lowest BCUT2D eigenvalue weighted by Gasteiger charge is -2.14. The highest BCUT2D eigenvalue weighted by Gasteiger charge is 2.21. The van der Waals surface area contributed by atoms with Crippen molar-refractivity contribution < 1.29 is 10.2 Å². The van der Waals surface area contributed by atoms with Crippen molar-refractivity contribution in [3.05, 3.63) is 17.5 Å². The first kappa shape index (κ1) is 12.7. The Labute approximate surface area is 98.0 Å². The van der Waals surface area contributed by atoms with Crippen LogP contribution in [-0.4, -0.2) is 31.4 Å². The number of rotatable bonds is 5. The standard InChI is InChI=1S/C10H17BrN2O2/c1-3-4-13-6-8(7(2)12-13)10(15)9(14)5-11/h6,9-10,14-15H,3-5H2,1-2H3. The summed E-state index contributed by atoms with van der Waals surface area (Å²) in [4.78, 5) is 0. The van der Waals surface area contributed by atoms with E-state index in [0.29, 0.717) is 10.9 Å². The number of aryl methyl sites for hydroxylation is 2. The third-order valence-electron chi connectivity index (χ3n) is 2.28. The van der Waals surface area contributed by atoms with Crippen LogP contribution in [0.15, 0.2) is 6.20 Å². The molecule has 4 nitrogen and oxygen atoms in total. The SMILES string of the molecule is CCCn1cc(C(O)C(O)CBr)c(C)n1. The quantitative estimate of drug-likeness (QED) is 0.800. The maximum absolute atomic E-state index is 9.82. The van der Waals surface area contributed by atoms with Crippen LogP contribution >= 0.6 is 15.9 Å². The summed E-state index contributed by atoms with van der Waals surface area (Å²) < 4.78 is 1.80. The molecule has 0 aliphatic rings. The highest BCUT2D eigenvalue weighted by molar-refractivity contribution is 9.09. The van der Waals surface area contributed by atoms with Crippen molar-refractivity contribution in [2.75, 3.05) is 5.33 Å². The van der Waals surface area contributed by atoms with E-state index in [4.69, 9.17) is 0 Å². The number of aliphatic hydroxyl groups is 2. The van der Waals surface area contributed by atoms with Gasteiger partial charge in [0.25, 0.3) is 0 Å². The Hall–Kier alpha value is -0.390. The average molecular weight is 277 g/mol. The van der Waals surface area contributed by atoms with Crippen LogP contribution in [0.1, 0.15) is 30.7 Å². The largest absolute Gasteiger partial charge is 0.389 e. The van der Waals surface area contributed by atoms with Crippen LogP contribution in [0.2, 0.25) is 0 Å². The molecule has 5 heteroatoms. The topological polar surface area (TPSA) is 58.3 Å². The maximum atomic E-state index is 9.82. The van der Waals surface area contributed by atoms with E-state index < -0.39 is 12.2 Å². The van der Waals surface area contributed by atoms with E-state index in [1.54, 1.807) is 10.9 Å². The molecule has 1 aromatic heterocycles. The minimum atomic E-state index is -0.866. The Morgan fingerprint density at radius 3 is 2.73 bits per heavy atom. The van der Waals surface area contributed by atoms with Gasteiger partial charge in [0.1, 0.15) is 6.10 Å². The molecular formula is C10H17BrN2O2. The Bertz CT molecular complexity index is 314. The van der Waals surface area contributed by atoms with E-state index >= 15 is 0 Å². The Morgan fingerprint density at radius 1 is 1.53 bits per heavy atom. The molecule has 0 spiro atoms. The number of alkyl halides is 1. The Balaban J connectivity index is 2.84. The summed E-state index contributed by atoms with van der Waals surface area (Å²) in [7, 11) is 0. The summed E-state index contributed by atoms with van der Waals surface area (Å²) in [6.45, 7) is 4.74. The van der Waals surface area contributed by atoms with Crippen molar-refractivity contribution in [1.82, 2.24) is 9.78 Å². The van der Waals surface area contributed by atoms with E-state index in [0.717, 1.165) is 18.7 Å². The van der Waals surface area contributed by atoms with Crippen LogP contribution in [-0.2, 0) is 6.54 Å². The summed E-state index contributed by atoms with van der Waals surface area (Å²) in [6, 6.07) is 0. The molecule has 86 valence electrons. The van der Waals surface area contributed by atoms with Gasteiger partial charge in [0.15, 0.2) is 0 Å². The summed E-state index contributed by atoms with van der Waals surface area (Å²) in [6.07, 6.45) is 1.14. The van der Waals surface area contributed by atoms with Crippen molar-refractivity contribution in [3.63, 3.8) is 0 Å². The minimum Gasteiger partial charge on any atom is -0.389 e. The molecule has 0 saturated heterocycles. The van der Waals surface area contributed by atoms with Crippen molar-refractivity contribution in [2.24, 2.45) is 0 Å². The average Bonchev–Trinajstić information content (AvgIpc) is 2.58. The fourth-order valence-electron chi connectivity index (χ4n) is 1.46. The molecule has 2 atom stereocenters. The van der Waals surface area contributed by atoms with Gasteiger partial charge in [-0.3, -0.25) is 4.68 Å². The molecule has 15 heavy (non-hydrogen) atoms. The van der Waals surface area contributed by atoms with Crippen molar-refractivity contribution in [1.29, 1.82) is 0 Å². The van der Waals surface area contributed by atoms with Crippen molar-refractivity contribution in [2.45, 2.75) is 39.0 Å². The van der Waals surface area contributed by atoms with E-state index in [-0.39, 0.29) is 0 Å². The van der Waals surface area contributed by atoms with Crippen LogP contribution in [0.3, 0.4) is 0 Å². The van der Waals surface area contributed by atoms with Gasteiger partial charge in [0, 0.05) is 23.6 Å². The zero-order valence-corrected chi connectivity index (χ0v) is 10.6. The molecule has 0 bridgehead atoms. The number of hydrogen-bond donors (Lipinski definition) is 2. The Kier molecular flexibility index (Phi) is 4.76. The zero-order chi connectivity index (χ0) is 11.4. The molecule has 0 fully saturated rings. The first-order valence-electron chi connectivity index (χ1n) is 5.06. The number of halogens is 1. The normalized spacial score (nSPS) is 15.3. The first-order chi connectivity index (χ1) is 7.10. The second-order valence-corrected chi connectivity index (χ2v) is 4.25. The molecule has 0 radical (unpaired) electrons. The van der Waals surface area contributed by atoms with E-state index in [2.05, 4.69) is 28.0 Å². The molecule has 0 amide bonds. The van der Waals surface area contributed by atoms with Crippen LogP contribution < -0.4 is 0 Å². The molecule has 0 aliphatic carbocycles. The lowest BCUT2D eigenvalue weighted by molar-refractivity contribution is 0.0338. The molecule has 0 aromatic carbocycles. The maximum Gasteiger partial charge on any atom is 0.109 e. The molecule has 2 unspecified atom stereocenters. The van der Waals surface area contributed by atoms with Crippen molar-refractivity contribution in [3.8, 4) is 0 Å². The molecule has 1 rings (SSSR count). The highest BCUT2D eigenvalue weighted by Crippen LogP contribution is 2.21. The van der Waals surface area contributed by atoms with Gasteiger partial charge >= 0.3 is 0 Å². The number of hydrogen-bond acceptors (Lipinski definition) is 3. The monoisotopic (exact) mass is 276 g/mol. The van der Waals surface area contributed by atoms with Gasteiger partial charge < -0.3 is 10.2 Å². The van der Waals surface area contributed by atoms with Gasteiger partial charge in [0.2, 0.25) is 0 Å². The molecule has 0 aliphatic heterocycles. The van der Waals surface area contributed by atoms with Crippen molar-refractivity contribution >= 4 is 15.9 Å². The second-order valence-electron chi connectivity index (χ2n) is 3.60. The van der Waals surface area contributed by atoms with E-state index in [9.17, 15) is 10.2 Å². The number of nitrogens with zero attached hydrogens (tertiary/aromatic N) is 2. The van der Waals surface area contributed by atoms with Gasteiger partial charge in [-0.1, -0.05) is 22.9 Å². The van der Waals surface area contributed by atoms with E-state index in [1.165, 1.54) is 0 Å². The lowest BCUT2D eigenvalue weighted by atomic mass is 10.1. The third kappa shape index (κ3) is 3.03. The predicted octanol–water partition coefficient (Wildman–Crippen LogP) is 1.39. The highest BCUT2D eigenvalue weighted by atomic mass is 79.9. The van der Waals surface area contributed by atoms with E-state index in [1.807, 2.05) is 6.92 Å². The molecule has 1 heterocycles. The predicted molar refractivity (Wildman–Crippen MR) is 62.0 cm³/mol. The van der Waals surface area contributed by atoms with Gasteiger partial charge in [-0.2, -0.15) is 5.10 Å². The van der Waals surface area contributed by atoms with Gasteiger partial charge in [-0.25, -0.2) is 0 Å². The first-order valence-corrected chi connectivity index (χ1v) is 6.18. The summed E-state index contributed by atoms with van der Waals surface area (Å²) in [5, 5.41) is 23.9. The summed E-state index contributed by atoms with van der Waals surface area (Å²) in [5.74, 6) is 0. The fraction of sp³-hybridized carbons (Fsp3) is 0.700. The fourth-order valence-corrected chi connectivity index (χ4v) is 1.81. The molecule has 0 saturated carbocycles. The smallest absolute Gasteiger partial charge is 0.109 e. The van der Waals surface area contributed by atoms with Crippen LogP contribution in [0, 0.1) is 6.92 Å². The lowest BCUT2D eigenvalue weighted by Crippen LogP contribution is -2.19. The van der Waals surface area contributed by atoms with Gasteiger partial charge in [-0.15, -0.1) is 0 Å². The minimum absolute atomic E-state index is 0.354. The molecule has 2 N–H and O–H groups in total. The Morgan fingerprint density at radius 2 is 2.20 bits per heavy atom. The number of aliphatic hydroxyl groups excluding tert-OH is 2. The van der Waals surface area contributed by atoms with Crippen LogP contribution in [0.4, 0.5) is 0 Å². The summed E-state index contributed by atoms with van der Waals surface area (Å²) >= 11 is 3.14. The molecule has 1 aromatic rings. The summed E-state index contributed by atoms with van der Waals surface area (Å²) in [5.41, 5.74) is 1.48. The van der Waals surface area contributed by atoms with Gasteiger partial charge in [-0.05, 0) is 13.3 Å². The third-order valence-corrected chi connectivity index (χ3v) is 2.94. The second kappa shape index (κ2) is 5.63.